The second-order valence-corrected chi connectivity index (χ2v) is 8.09. The van der Waals surface area contributed by atoms with Gasteiger partial charge in [0.1, 0.15) is 17.1 Å². The fraction of sp³-hybridized carbons (Fsp3) is 0.182. The predicted octanol–water partition coefficient (Wildman–Crippen LogP) is 5.52. The summed E-state index contributed by atoms with van der Waals surface area (Å²) in [4.78, 5) is 11.3. The lowest BCUT2D eigenvalue weighted by Gasteiger charge is -2.21. The van der Waals surface area contributed by atoms with Crippen LogP contribution in [0.1, 0.15) is 32.6 Å². The van der Waals surface area contributed by atoms with Crippen molar-refractivity contribution < 1.29 is 5.11 Å². The van der Waals surface area contributed by atoms with Gasteiger partial charge in [0.05, 0.1) is 6.04 Å². The Labute approximate surface area is 162 Å². The number of pyridine rings is 2. The van der Waals surface area contributed by atoms with Crippen molar-refractivity contribution in [3.8, 4) is 5.75 Å². The molecule has 1 aromatic carbocycles. The molecule has 3 aromatic heterocycles. The Bertz CT molecular complexity index is 1120. The molecule has 2 N–H and O–H groups in total. The SMILES string of the molecule is Cc1ccnc(N[C@@H](c2ccc(C)s2)c2ccc3ccc(C)nc3c2O)c1. The predicted molar refractivity (Wildman–Crippen MR) is 112 cm³/mol. The molecule has 0 bridgehead atoms. The Morgan fingerprint density at radius 1 is 1.00 bits per heavy atom. The molecular formula is C22H21N3OS. The van der Waals surface area contributed by atoms with Crippen LogP contribution in [0.2, 0.25) is 0 Å². The molecule has 4 rings (SSSR count). The smallest absolute Gasteiger partial charge is 0.147 e. The van der Waals surface area contributed by atoms with Gasteiger partial charge >= 0.3 is 0 Å². The number of phenols is 1. The first-order valence-electron chi connectivity index (χ1n) is 8.86. The maximum atomic E-state index is 11.0. The van der Waals surface area contributed by atoms with Gasteiger partial charge in [0.2, 0.25) is 0 Å². The van der Waals surface area contributed by atoms with E-state index in [4.69, 9.17) is 0 Å². The zero-order valence-electron chi connectivity index (χ0n) is 15.5. The van der Waals surface area contributed by atoms with Crippen LogP contribution >= 0.6 is 11.3 Å². The Hall–Kier alpha value is -2.92. The number of thiophene rings is 1. The molecule has 0 saturated carbocycles. The molecule has 0 unspecified atom stereocenters. The molecule has 3 heterocycles. The number of fused-ring (bicyclic) bond motifs is 1. The number of phenolic OH excluding ortho intramolecular Hbond substituents is 1. The molecule has 0 amide bonds. The standard InChI is InChI=1S/C22H21N3OS/c1-13-10-11-23-19(12-13)25-21(18-9-5-15(3)27-18)17-8-7-16-6-4-14(2)24-20(16)22(17)26/h4-12,21,26H,1-3H3,(H,23,25)/t21-/m1/s1. The third kappa shape index (κ3) is 3.51. The summed E-state index contributed by atoms with van der Waals surface area (Å²) in [6.45, 7) is 6.05. The van der Waals surface area contributed by atoms with Crippen LogP contribution in [0, 0.1) is 20.8 Å². The summed E-state index contributed by atoms with van der Waals surface area (Å²) in [5.41, 5.74) is 3.44. The molecule has 1 atom stereocenters. The fourth-order valence-electron chi connectivity index (χ4n) is 3.19. The Morgan fingerprint density at radius 2 is 1.81 bits per heavy atom. The van der Waals surface area contributed by atoms with Gasteiger partial charge in [-0.25, -0.2) is 9.97 Å². The minimum absolute atomic E-state index is 0.204. The number of rotatable bonds is 4. The third-order valence-electron chi connectivity index (χ3n) is 4.57. The molecule has 0 spiro atoms. The number of aromatic nitrogens is 2. The Balaban J connectivity index is 1.85. The third-order valence-corrected chi connectivity index (χ3v) is 5.64. The van der Waals surface area contributed by atoms with Gasteiger partial charge in [-0.05, 0) is 56.7 Å². The van der Waals surface area contributed by atoms with Crippen molar-refractivity contribution in [3.63, 3.8) is 0 Å². The van der Waals surface area contributed by atoms with Crippen molar-refractivity contribution in [1.29, 1.82) is 0 Å². The van der Waals surface area contributed by atoms with E-state index in [-0.39, 0.29) is 11.8 Å². The monoisotopic (exact) mass is 375 g/mol. The zero-order valence-corrected chi connectivity index (χ0v) is 16.3. The van der Waals surface area contributed by atoms with Gasteiger partial charge in [0.25, 0.3) is 0 Å². The van der Waals surface area contributed by atoms with E-state index < -0.39 is 0 Å². The number of nitrogens with one attached hydrogen (secondary N) is 1. The van der Waals surface area contributed by atoms with Gasteiger partial charge in [-0.15, -0.1) is 11.3 Å². The number of aromatic hydroxyl groups is 1. The quantitative estimate of drug-likeness (QED) is 0.493. The lowest BCUT2D eigenvalue weighted by Crippen LogP contribution is -2.12. The summed E-state index contributed by atoms with van der Waals surface area (Å²) in [6, 6.07) is 15.9. The van der Waals surface area contributed by atoms with Gasteiger partial charge in [-0.2, -0.15) is 0 Å². The highest BCUT2D eigenvalue weighted by molar-refractivity contribution is 7.12. The van der Waals surface area contributed by atoms with Crippen molar-refractivity contribution in [2.24, 2.45) is 0 Å². The second-order valence-electron chi connectivity index (χ2n) is 6.77. The highest BCUT2D eigenvalue weighted by Crippen LogP contribution is 2.38. The number of benzene rings is 1. The minimum Gasteiger partial charge on any atom is -0.505 e. The molecular weight excluding hydrogens is 354 g/mol. The Kier molecular flexibility index (Phi) is 4.54. The van der Waals surface area contributed by atoms with Crippen LogP contribution in [0.5, 0.6) is 5.75 Å². The van der Waals surface area contributed by atoms with E-state index in [0.717, 1.165) is 32.9 Å². The molecule has 0 aliphatic rings. The molecule has 4 nitrogen and oxygen atoms in total. The van der Waals surface area contributed by atoms with Crippen LogP contribution in [-0.4, -0.2) is 15.1 Å². The summed E-state index contributed by atoms with van der Waals surface area (Å²) < 4.78 is 0. The van der Waals surface area contributed by atoms with Crippen molar-refractivity contribution in [2.45, 2.75) is 26.8 Å². The summed E-state index contributed by atoms with van der Waals surface area (Å²) in [5.74, 6) is 0.996. The highest BCUT2D eigenvalue weighted by atomic mass is 32.1. The molecule has 0 radical (unpaired) electrons. The number of nitrogens with zero attached hydrogens (tertiary/aromatic N) is 2. The van der Waals surface area contributed by atoms with Gasteiger partial charge in [0, 0.05) is 32.6 Å². The number of aryl methyl sites for hydroxylation is 3. The zero-order chi connectivity index (χ0) is 19.0. The molecule has 5 heteroatoms. The van der Waals surface area contributed by atoms with Crippen LogP contribution in [0.15, 0.2) is 54.7 Å². The fourth-order valence-corrected chi connectivity index (χ4v) is 4.14. The number of hydrogen-bond donors (Lipinski definition) is 2. The highest BCUT2D eigenvalue weighted by Gasteiger charge is 2.22. The first-order valence-corrected chi connectivity index (χ1v) is 9.67. The van der Waals surface area contributed by atoms with Crippen LogP contribution in [-0.2, 0) is 0 Å². The van der Waals surface area contributed by atoms with Crippen LogP contribution in [0.4, 0.5) is 5.82 Å². The first-order chi connectivity index (χ1) is 13.0. The molecule has 136 valence electrons. The number of hydrogen-bond acceptors (Lipinski definition) is 5. The minimum atomic E-state index is -0.204. The Morgan fingerprint density at radius 3 is 2.56 bits per heavy atom. The lowest BCUT2D eigenvalue weighted by atomic mass is 10.0. The lowest BCUT2D eigenvalue weighted by molar-refractivity contribution is 0.472. The molecule has 0 aliphatic carbocycles. The van der Waals surface area contributed by atoms with E-state index in [1.807, 2.05) is 50.2 Å². The average Bonchev–Trinajstić information content (AvgIpc) is 3.07. The molecule has 0 aliphatic heterocycles. The topological polar surface area (TPSA) is 58.0 Å². The van der Waals surface area contributed by atoms with Crippen molar-refractivity contribution in [2.75, 3.05) is 5.32 Å². The van der Waals surface area contributed by atoms with Crippen molar-refractivity contribution in [1.82, 2.24) is 9.97 Å². The van der Waals surface area contributed by atoms with Gasteiger partial charge in [0.15, 0.2) is 0 Å². The first kappa shape index (κ1) is 17.5. The van der Waals surface area contributed by atoms with E-state index in [9.17, 15) is 5.11 Å². The summed E-state index contributed by atoms with van der Waals surface area (Å²) in [6.07, 6.45) is 1.79. The van der Waals surface area contributed by atoms with E-state index >= 15 is 0 Å². The maximum Gasteiger partial charge on any atom is 0.147 e. The number of anilines is 1. The van der Waals surface area contributed by atoms with Crippen LogP contribution in [0.3, 0.4) is 0 Å². The van der Waals surface area contributed by atoms with E-state index in [1.165, 1.54) is 4.88 Å². The maximum absolute atomic E-state index is 11.0. The molecule has 0 saturated heterocycles. The van der Waals surface area contributed by atoms with Crippen molar-refractivity contribution >= 4 is 28.1 Å². The summed E-state index contributed by atoms with van der Waals surface area (Å²) >= 11 is 1.71. The summed E-state index contributed by atoms with van der Waals surface area (Å²) in [5, 5.41) is 15.5. The normalized spacial score (nSPS) is 12.3. The van der Waals surface area contributed by atoms with E-state index in [2.05, 4.69) is 34.3 Å². The van der Waals surface area contributed by atoms with Gasteiger partial charge < -0.3 is 10.4 Å². The molecule has 27 heavy (non-hydrogen) atoms. The molecule has 4 aromatic rings. The molecule has 0 fully saturated rings. The largest absolute Gasteiger partial charge is 0.505 e. The van der Waals surface area contributed by atoms with E-state index in [1.54, 1.807) is 17.5 Å². The van der Waals surface area contributed by atoms with Gasteiger partial charge in [-0.1, -0.05) is 18.2 Å². The summed E-state index contributed by atoms with van der Waals surface area (Å²) in [7, 11) is 0. The van der Waals surface area contributed by atoms with Crippen LogP contribution in [0.25, 0.3) is 10.9 Å². The van der Waals surface area contributed by atoms with E-state index in [0.29, 0.717) is 5.52 Å². The van der Waals surface area contributed by atoms with Crippen LogP contribution < -0.4 is 5.32 Å². The second kappa shape index (κ2) is 7.00. The van der Waals surface area contributed by atoms with Crippen molar-refractivity contribution in [3.05, 3.63) is 81.3 Å². The average molecular weight is 375 g/mol. The van der Waals surface area contributed by atoms with Gasteiger partial charge in [-0.3, -0.25) is 0 Å².